The highest BCUT2D eigenvalue weighted by atomic mass is 31.2. The molecule has 1 fully saturated rings. The number of anilines is 1. The van der Waals surface area contributed by atoms with Crippen molar-refractivity contribution in [3.05, 3.63) is 144 Å². The van der Waals surface area contributed by atoms with Crippen molar-refractivity contribution >= 4 is 31.4 Å². The number of benzene rings is 4. The van der Waals surface area contributed by atoms with E-state index in [1.165, 1.54) is 17.2 Å². The van der Waals surface area contributed by atoms with Crippen molar-refractivity contribution < 1.29 is 42.3 Å². The van der Waals surface area contributed by atoms with Crippen LogP contribution in [0.15, 0.2) is 122 Å². The molecule has 0 spiro atoms. The minimum Gasteiger partial charge on any atom is -0.497 e. The zero-order chi connectivity index (χ0) is 45.4. The van der Waals surface area contributed by atoms with E-state index >= 15 is 4.39 Å². The first kappa shape index (κ1) is 46.1. The van der Waals surface area contributed by atoms with E-state index in [-0.39, 0.29) is 48.7 Å². The topological polar surface area (TPSA) is 175 Å². The Morgan fingerprint density at radius 3 is 2.05 bits per heavy atom. The second kappa shape index (κ2) is 20.3. The number of nitrogens with one attached hydrogen (secondary N) is 1. The molecule has 7 rings (SSSR count). The molecule has 2 aromatic heterocycles. The standard InChI is InChI=1S/C47H51FN7O8P/c1-31(2)55(32(3)4)64(61-27-13-26-49)63-41-39(62-45(47(41,48)57)54-30-52-40-42(50-29-51-43(40)54)53-44(56)33-14-9-7-10-15-33)28-60-46(34-16-11-8-12-17-34,35-18-22-37(58-5)23-19-35)36-20-24-38(59-6)25-21-36/h7-12,14-25,29-32,39,41,45,57H,13,27-28H2,1-6H3,(H,50,51,53,56)/t39-,41-,45-,47-,64?/m1/s1. The van der Waals surface area contributed by atoms with Crippen LogP contribution in [0.5, 0.6) is 11.5 Å². The molecule has 1 aliphatic heterocycles. The molecule has 0 saturated carbocycles. The van der Waals surface area contributed by atoms with Gasteiger partial charge in [-0.3, -0.25) is 9.36 Å². The highest BCUT2D eigenvalue weighted by Gasteiger charge is 2.61. The maximum absolute atomic E-state index is 17.9. The Bertz CT molecular complexity index is 2450. The van der Waals surface area contributed by atoms with Gasteiger partial charge in [-0.05, 0) is 80.8 Å². The monoisotopic (exact) mass is 891 g/mol. The van der Waals surface area contributed by atoms with Gasteiger partial charge in [0.25, 0.3) is 20.3 Å². The van der Waals surface area contributed by atoms with Crippen LogP contribution in [0, 0.1) is 11.3 Å². The summed E-state index contributed by atoms with van der Waals surface area (Å²) in [6.45, 7) is 7.45. The van der Waals surface area contributed by atoms with Crippen molar-refractivity contribution in [3.63, 3.8) is 0 Å². The number of imidazole rings is 1. The van der Waals surface area contributed by atoms with Gasteiger partial charge in [-0.2, -0.15) is 5.26 Å². The van der Waals surface area contributed by atoms with E-state index in [4.69, 9.17) is 28.0 Å². The van der Waals surface area contributed by atoms with Crippen LogP contribution in [0.4, 0.5) is 10.2 Å². The molecule has 3 heterocycles. The number of rotatable bonds is 19. The number of amides is 1. The second-order valence-corrected chi connectivity index (χ2v) is 16.9. The van der Waals surface area contributed by atoms with E-state index in [1.54, 1.807) is 44.6 Å². The van der Waals surface area contributed by atoms with Crippen LogP contribution in [0.3, 0.4) is 0 Å². The van der Waals surface area contributed by atoms with E-state index in [1.807, 2.05) is 111 Å². The summed E-state index contributed by atoms with van der Waals surface area (Å²) in [6, 6.07) is 34.8. The van der Waals surface area contributed by atoms with E-state index in [0.29, 0.717) is 28.2 Å². The predicted octanol–water partition coefficient (Wildman–Crippen LogP) is 8.32. The predicted molar refractivity (Wildman–Crippen MR) is 238 cm³/mol. The van der Waals surface area contributed by atoms with Crippen LogP contribution in [-0.2, 0) is 24.1 Å². The Morgan fingerprint density at radius 2 is 1.48 bits per heavy atom. The van der Waals surface area contributed by atoms with E-state index in [2.05, 4.69) is 26.3 Å². The van der Waals surface area contributed by atoms with Crippen LogP contribution >= 0.6 is 8.53 Å². The van der Waals surface area contributed by atoms with Crippen LogP contribution in [0.2, 0.25) is 0 Å². The number of methoxy groups -OCH3 is 2. The van der Waals surface area contributed by atoms with Crippen LogP contribution in [0.25, 0.3) is 11.2 Å². The first-order valence-electron chi connectivity index (χ1n) is 20.8. The Labute approximate surface area is 372 Å². The first-order valence-corrected chi connectivity index (χ1v) is 21.9. The third-order valence-electron chi connectivity index (χ3n) is 10.8. The SMILES string of the molecule is COc1ccc(C(OC[C@H]2O[C@@H](n3cnc4c(NC(=O)c5ccccc5)ncnc43)[C@@](O)(F)[C@@H]2OP(OCCC#N)N(C(C)C)C(C)C)(c2ccccc2)c2ccc(OC)cc2)cc1. The minimum atomic E-state index is -3.28. The lowest BCUT2D eigenvalue weighted by Gasteiger charge is -2.39. The summed E-state index contributed by atoms with van der Waals surface area (Å²) in [5.74, 6) is -2.41. The maximum Gasteiger partial charge on any atom is 0.282 e. The summed E-state index contributed by atoms with van der Waals surface area (Å²) < 4.78 is 58.8. The van der Waals surface area contributed by atoms with Crippen molar-refractivity contribution in [2.75, 3.05) is 32.8 Å². The van der Waals surface area contributed by atoms with Gasteiger partial charge in [0.1, 0.15) is 29.5 Å². The molecule has 1 aliphatic rings. The number of carbonyl (C=O) groups excluding carboxylic acids is 1. The van der Waals surface area contributed by atoms with Gasteiger partial charge in [0.05, 0.1) is 46.3 Å². The number of fused-ring (bicyclic) bond motifs is 1. The number of hydrogen-bond acceptors (Lipinski definition) is 13. The number of halogens is 1. The van der Waals surface area contributed by atoms with Crippen molar-refractivity contribution in [2.45, 2.75) is 76.1 Å². The van der Waals surface area contributed by atoms with Gasteiger partial charge in [-0.1, -0.05) is 72.8 Å². The fourth-order valence-corrected chi connectivity index (χ4v) is 9.60. The molecule has 17 heteroatoms. The molecule has 0 bridgehead atoms. The zero-order valence-corrected chi connectivity index (χ0v) is 37.3. The van der Waals surface area contributed by atoms with Crippen molar-refractivity contribution in [3.8, 4) is 17.6 Å². The molecular weight excluding hydrogens is 841 g/mol. The van der Waals surface area contributed by atoms with Crippen LogP contribution in [0.1, 0.15) is 67.4 Å². The molecule has 1 unspecified atom stereocenters. The minimum absolute atomic E-state index is 0.00631. The number of alkyl halides is 1. The number of aromatic nitrogens is 4. The van der Waals surface area contributed by atoms with Crippen molar-refractivity contribution in [1.82, 2.24) is 24.2 Å². The van der Waals surface area contributed by atoms with Gasteiger partial charge < -0.3 is 38.4 Å². The van der Waals surface area contributed by atoms with Crippen molar-refractivity contribution in [1.29, 1.82) is 5.26 Å². The fourth-order valence-electron chi connectivity index (χ4n) is 7.82. The van der Waals surface area contributed by atoms with Gasteiger partial charge >= 0.3 is 0 Å². The van der Waals surface area contributed by atoms with E-state index in [9.17, 15) is 15.2 Å². The number of nitrogens with zero attached hydrogens (tertiary/aromatic N) is 6. The summed E-state index contributed by atoms with van der Waals surface area (Å²) in [7, 11) is 1.05. The van der Waals surface area contributed by atoms with Gasteiger partial charge in [-0.15, -0.1) is 0 Å². The molecule has 1 saturated heterocycles. The zero-order valence-electron chi connectivity index (χ0n) is 36.4. The molecule has 1 amide bonds. The summed E-state index contributed by atoms with van der Waals surface area (Å²) in [6.07, 6.45) is -2.36. The molecule has 0 radical (unpaired) electrons. The van der Waals surface area contributed by atoms with Gasteiger partial charge in [-0.25, -0.2) is 24.0 Å². The number of carbonyl (C=O) groups is 1. The number of hydrogen-bond donors (Lipinski definition) is 2. The molecule has 5 atom stereocenters. The Balaban J connectivity index is 1.33. The average Bonchev–Trinajstić information content (AvgIpc) is 3.84. The summed E-state index contributed by atoms with van der Waals surface area (Å²) >= 11 is 0. The molecule has 0 aliphatic carbocycles. The summed E-state index contributed by atoms with van der Waals surface area (Å²) in [5.41, 5.74) is 1.38. The molecule has 4 aromatic carbocycles. The fraction of sp³-hybridized carbons (Fsp3) is 0.340. The number of aliphatic hydroxyl groups is 1. The molecule has 15 nitrogen and oxygen atoms in total. The molecule has 2 N–H and O–H groups in total. The third kappa shape index (κ3) is 9.47. The highest BCUT2D eigenvalue weighted by Crippen LogP contribution is 2.54. The Hall–Kier alpha value is -5.89. The molecule has 6 aromatic rings. The molecule has 334 valence electrons. The highest BCUT2D eigenvalue weighted by molar-refractivity contribution is 7.44. The molecule has 64 heavy (non-hydrogen) atoms. The first-order chi connectivity index (χ1) is 30.9. The number of ether oxygens (including phenoxy) is 4. The summed E-state index contributed by atoms with van der Waals surface area (Å²) in [5, 5.41) is 24.5. The average molecular weight is 892 g/mol. The third-order valence-corrected chi connectivity index (χ3v) is 12.9. The van der Waals surface area contributed by atoms with Crippen LogP contribution < -0.4 is 14.8 Å². The van der Waals surface area contributed by atoms with Crippen molar-refractivity contribution in [2.24, 2.45) is 0 Å². The normalized spacial score (nSPS) is 19.2. The lowest BCUT2D eigenvalue weighted by atomic mass is 9.80. The van der Waals surface area contributed by atoms with Crippen LogP contribution in [-0.4, -0.2) is 92.8 Å². The second-order valence-electron chi connectivity index (χ2n) is 15.5. The lowest BCUT2D eigenvalue weighted by Crippen LogP contribution is -2.47. The summed E-state index contributed by atoms with van der Waals surface area (Å²) in [4.78, 5) is 26.3. The van der Waals surface area contributed by atoms with E-state index in [0.717, 1.165) is 5.56 Å². The smallest absolute Gasteiger partial charge is 0.282 e. The lowest BCUT2D eigenvalue weighted by molar-refractivity contribution is -0.191. The maximum atomic E-state index is 17.9. The van der Waals surface area contributed by atoms with Gasteiger partial charge in [0.15, 0.2) is 29.3 Å². The Morgan fingerprint density at radius 1 is 0.906 bits per heavy atom. The quantitative estimate of drug-likeness (QED) is 0.0452. The molecular formula is C47H51FN7O8P. The largest absolute Gasteiger partial charge is 0.497 e. The Kier molecular flexibility index (Phi) is 14.6. The van der Waals surface area contributed by atoms with Gasteiger partial charge in [0.2, 0.25) is 0 Å². The number of nitriles is 1. The van der Waals surface area contributed by atoms with Gasteiger partial charge in [0, 0.05) is 17.6 Å². The van der Waals surface area contributed by atoms with E-state index < -0.39 is 44.3 Å².